The van der Waals surface area contributed by atoms with E-state index in [1.54, 1.807) is 0 Å². The molecular formula is C30H50O2. The maximum Gasteiger partial charge on any atom is 0.0594 e. The van der Waals surface area contributed by atoms with Crippen LogP contribution in [-0.4, -0.2) is 22.9 Å². The Labute approximate surface area is 197 Å². The standard InChI is InChI=1S/C30H50O2/c1-19(2)20-10-15-30(18-31)17-16-28(6)21(25(20)30)8-9-23-27(5)13-12-24(32)26(3,4)22(27)11-14-29(23,28)7/h20-25,31-32H,1,8-18H2,2-7H3/t20-,21?,22?,23+,24-,25+,27-,28+,29+,30+/m0/s1. The monoisotopic (exact) mass is 442 g/mol. The summed E-state index contributed by atoms with van der Waals surface area (Å²) in [5.74, 6) is 3.33. The van der Waals surface area contributed by atoms with E-state index >= 15 is 0 Å². The van der Waals surface area contributed by atoms with Crippen LogP contribution in [0.2, 0.25) is 0 Å². The molecule has 0 amide bonds. The van der Waals surface area contributed by atoms with Crippen LogP contribution < -0.4 is 0 Å². The van der Waals surface area contributed by atoms with Crippen molar-refractivity contribution in [3.8, 4) is 0 Å². The molecule has 182 valence electrons. The number of allylic oxidation sites excluding steroid dienone is 1. The van der Waals surface area contributed by atoms with E-state index in [-0.39, 0.29) is 16.9 Å². The first-order valence-electron chi connectivity index (χ1n) is 13.8. The van der Waals surface area contributed by atoms with Crippen molar-refractivity contribution in [1.82, 2.24) is 0 Å². The molecule has 5 fully saturated rings. The molecule has 5 aliphatic rings. The summed E-state index contributed by atoms with van der Waals surface area (Å²) in [6.07, 6.45) is 12.2. The van der Waals surface area contributed by atoms with Crippen molar-refractivity contribution in [2.45, 2.75) is 112 Å². The average Bonchev–Trinajstić information content (AvgIpc) is 3.12. The second kappa shape index (κ2) is 7.09. The van der Waals surface area contributed by atoms with Crippen molar-refractivity contribution >= 4 is 0 Å². The summed E-state index contributed by atoms with van der Waals surface area (Å²) in [6, 6.07) is 0. The first-order chi connectivity index (χ1) is 14.9. The van der Waals surface area contributed by atoms with Gasteiger partial charge in [0.2, 0.25) is 0 Å². The van der Waals surface area contributed by atoms with Crippen molar-refractivity contribution in [1.29, 1.82) is 0 Å². The predicted molar refractivity (Wildman–Crippen MR) is 132 cm³/mol. The van der Waals surface area contributed by atoms with Crippen molar-refractivity contribution in [2.75, 3.05) is 6.61 Å². The smallest absolute Gasteiger partial charge is 0.0594 e. The summed E-state index contributed by atoms with van der Waals surface area (Å²) >= 11 is 0. The Balaban J connectivity index is 1.55. The third kappa shape index (κ3) is 2.66. The van der Waals surface area contributed by atoms with E-state index in [0.29, 0.717) is 40.6 Å². The van der Waals surface area contributed by atoms with E-state index in [4.69, 9.17) is 0 Å². The lowest BCUT2D eigenvalue weighted by Gasteiger charge is -2.73. The molecule has 2 heteroatoms. The Kier molecular flexibility index (Phi) is 5.19. The van der Waals surface area contributed by atoms with Crippen LogP contribution in [0.25, 0.3) is 0 Å². The Morgan fingerprint density at radius 1 is 0.812 bits per heavy atom. The number of aliphatic hydroxyl groups excluding tert-OH is 2. The maximum absolute atomic E-state index is 10.9. The molecule has 5 rings (SSSR count). The van der Waals surface area contributed by atoms with Gasteiger partial charge in [-0.1, -0.05) is 46.8 Å². The maximum atomic E-state index is 10.9. The van der Waals surface area contributed by atoms with Crippen molar-refractivity contribution < 1.29 is 10.2 Å². The first kappa shape index (κ1) is 23.4. The zero-order valence-electron chi connectivity index (χ0n) is 21.8. The highest BCUT2D eigenvalue weighted by atomic mass is 16.3. The largest absolute Gasteiger partial charge is 0.396 e. The third-order valence-electron chi connectivity index (χ3n) is 13.5. The van der Waals surface area contributed by atoms with E-state index in [1.807, 2.05) is 0 Å². The molecule has 0 saturated heterocycles. The lowest BCUT2D eigenvalue weighted by atomic mass is 9.32. The van der Waals surface area contributed by atoms with Crippen LogP contribution in [0.4, 0.5) is 0 Å². The van der Waals surface area contributed by atoms with Gasteiger partial charge in [-0.3, -0.25) is 0 Å². The molecule has 0 aromatic carbocycles. The average molecular weight is 443 g/mol. The summed E-state index contributed by atoms with van der Waals surface area (Å²) < 4.78 is 0. The van der Waals surface area contributed by atoms with Crippen molar-refractivity contribution in [3.05, 3.63) is 12.2 Å². The van der Waals surface area contributed by atoms with Gasteiger partial charge in [0.05, 0.1) is 6.10 Å². The van der Waals surface area contributed by atoms with Gasteiger partial charge < -0.3 is 10.2 Å². The van der Waals surface area contributed by atoms with Crippen LogP contribution in [-0.2, 0) is 0 Å². The van der Waals surface area contributed by atoms with Crippen LogP contribution >= 0.6 is 0 Å². The third-order valence-corrected chi connectivity index (χ3v) is 13.5. The molecule has 2 nitrogen and oxygen atoms in total. The fourth-order valence-corrected chi connectivity index (χ4v) is 11.5. The zero-order valence-corrected chi connectivity index (χ0v) is 21.8. The second-order valence-electron chi connectivity index (χ2n) is 14.6. The van der Waals surface area contributed by atoms with Crippen LogP contribution in [0.15, 0.2) is 12.2 Å². The van der Waals surface area contributed by atoms with Crippen LogP contribution in [0.5, 0.6) is 0 Å². The number of fused-ring (bicyclic) bond motifs is 7. The van der Waals surface area contributed by atoms with Crippen LogP contribution in [0.3, 0.4) is 0 Å². The fourth-order valence-electron chi connectivity index (χ4n) is 11.5. The quantitative estimate of drug-likeness (QED) is 0.452. The summed E-state index contributed by atoms with van der Waals surface area (Å²) in [4.78, 5) is 0. The first-order valence-corrected chi connectivity index (χ1v) is 13.8. The van der Waals surface area contributed by atoms with Crippen LogP contribution in [0, 0.1) is 56.7 Å². The minimum Gasteiger partial charge on any atom is -0.396 e. The highest BCUT2D eigenvalue weighted by Crippen LogP contribution is 2.77. The molecule has 0 aliphatic heterocycles. The van der Waals surface area contributed by atoms with Crippen molar-refractivity contribution in [2.24, 2.45) is 56.7 Å². The molecule has 5 saturated carbocycles. The number of rotatable bonds is 2. The molecule has 0 bridgehead atoms. The van der Waals surface area contributed by atoms with E-state index in [9.17, 15) is 10.2 Å². The van der Waals surface area contributed by atoms with Gasteiger partial charge >= 0.3 is 0 Å². The minimum atomic E-state index is -0.147. The molecule has 2 unspecified atom stereocenters. The molecule has 0 aromatic heterocycles. The summed E-state index contributed by atoms with van der Waals surface area (Å²) in [5, 5.41) is 21.5. The van der Waals surface area contributed by atoms with Crippen LogP contribution in [0.1, 0.15) is 106 Å². The van der Waals surface area contributed by atoms with Gasteiger partial charge in [-0.05, 0) is 128 Å². The highest BCUT2D eigenvalue weighted by Gasteiger charge is 2.70. The molecule has 0 radical (unpaired) electrons. The molecule has 0 heterocycles. The topological polar surface area (TPSA) is 40.5 Å². The van der Waals surface area contributed by atoms with Gasteiger partial charge in [-0.25, -0.2) is 0 Å². The van der Waals surface area contributed by atoms with Gasteiger partial charge in [-0.15, -0.1) is 0 Å². The molecule has 5 aliphatic carbocycles. The van der Waals surface area contributed by atoms with E-state index in [1.165, 1.54) is 63.4 Å². The SMILES string of the molecule is C=C(C)[C@@H]1CC[C@]2(CO)CC[C@]3(C)C(CC[C@@H]4[C@@]5(C)CC[C@H](O)C(C)(C)C5CC[C@]43C)[C@@H]12. The predicted octanol–water partition coefficient (Wildman–Crippen LogP) is 7.00. The van der Waals surface area contributed by atoms with E-state index < -0.39 is 0 Å². The Hall–Kier alpha value is -0.340. The fraction of sp³-hybridized carbons (Fsp3) is 0.933. The normalized spacial score (nSPS) is 56.5. The lowest BCUT2D eigenvalue weighted by Crippen LogP contribution is -2.66. The molecule has 0 spiro atoms. The van der Waals surface area contributed by atoms with Gasteiger partial charge in [0, 0.05) is 6.61 Å². The van der Waals surface area contributed by atoms with Gasteiger partial charge in [0.25, 0.3) is 0 Å². The molecule has 0 aromatic rings. The summed E-state index contributed by atoms with van der Waals surface area (Å²) in [6.45, 7) is 19.7. The Morgan fingerprint density at radius 3 is 2.19 bits per heavy atom. The molecular weight excluding hydrogens is 392 g/mol. The molecule has 32 heavy (non-hydrogen) atoms. The minimum absolute atomic E-state index is 0.0290. The lowest BCUT2D eigenvalue weighted by molar-refractivity contribution is -0.249. The Bertz CT molecular complexity index is 786. The van der Waals surface area contributed by atoms with E-state index in [0.717, 1.165) is 18.3 Å². The van der Waals surface area contributed by atoms with E-state index in [2.05, 4.69) is 48.1 Å². The summed E-state index contributed by atoms with van der Waals surface area (Å²) in [7, 11) is 0. The molecule has 2 N–H and O–H groups in total. The molecule has 10 atom stereocenters. The zero-order chi connectivity index (χ0) is 23.3. The van der Waals surface area contributed by atoms with Gasteiger partial charge in [-0.2, -0.15) is 0 Å². The number of aliphatic hydroxyl groups is 2. The highest BCUT2D eigenvalue weighted by molar-refractivity contribution is 5.21. The second-order valence-corrected chi connectivity index (χ2v) is 14.6. The number of hydrogen-bond donors (Lipinski definition) is 2. The van der Waals surface area contributed by atoms with Crippen molar-refractivity contribution in [3.63, 3.8) is 0 Å². The number of hydrogen-bond acceptors (Lipinski definition) is 2. The Morgan fingerprint density at radius 2 is 1.53 bits per heavy atom. The van der Waals surface area contributed by atoms with Gasteiger partial charge in [0.15, 0.2) is 0 Å². The van der Waals surface area contributed by atoms with Gasteiger partial charge in [0.1, 0.15) is 0 Å². The summed E-state index contributed by atoms with van der Waals surface area (Å²) in [5.41, 5.74) is 2.60.